The van der Waals surface area contributed by atoms with Gasteiger partial charge in [-0.3, -0.25) is 14.5 Å². The largest absolute Gasteiger partial charge is 0.504 e. The first-order chi connectivity index (χ1) is 23.9. The zero-order valence-electron chi connectivity index (χ0n) is 25.5. The van der Waals surface area contributed by atoms with Crippen molar-refractivity contribution in [1.82, 2.24) is 15.2 Å². The van der Waals surface area contributed by atoms with Crippen molar-refractivity contribution in [3.8, 4) is 11.5 Å². The lowest BCUT2D eigenvalue weighted by molar-refractivity contribution is -0.661. The van der Waals surface area contributed by atoms with Crippen LogP contribution in [0.25, 0.3) is 10.9 Å². The molecule has 4 heterocycles. The predicted molar refractivity (Wildman–Crippen MR) is 182 cm³/mol. The third-order valence-corrected chi connectivity index (χ3v) is 10.2. The standard InChI is InChI=1S/C32H25ClN6O9S2/c33-19-12-22(41)21(40)11-18(19)32(30(46)47,23-15-50-31(34)36-23)48-35-13-24(42)37-25-27(43)39-26(29(44)45)17(14-49-28(25)39)7-4-10-38-9-3-6-16-5-1-2-8-20(16)38/h1-9,11-13,15,25,28H,10,14H2,(H6-,34,35,36,37,40,41,42,44,45,46,47)/p+1/b7-4-/t25-,28?,32?/m1/s1. The molecular formula is C32H26ClN6O9S2+. The van der Waals surface area contributed by atoms with Gasteiger partial charge in [-0.05, 0) is 29.8 Å². The molecule has 0 radical (unpaired) electrons. The second kappa shape index (κ2) is 13.7. The number of nitrogens with one attached hydrogen (secondary N) is 1. The number of thiazole rings is 1. The fourth-order valence-electron chi connectivity index (χ4n) is 5.57. The average molecular weight is 738 g/mol. The number of carbonyl (C=O) groups excluding carboxylic acids is 2. The Balaban J connectivity index is 1.17. The van der Waals surface area contributed by atoms with Gasteiger partial charge >= 0.3 is 17.5 Å². The molecular weight excluding hydrogens is 712 g/mol. The summed E-state index contributed by atoms with van der Waals surface area (Å²) < 4.78 is 2.01. The summed E-state index contributed by atoms with van der Waals surface area (Å²) in [6.45, 7) is 0.457. The van der Waals surface area contributed by atoms with E-state index in [4.69, 9.17) is 22.2 Å². The minimum absolute atomic E-state index is 0.0368. The highest BCUT2D eigenvalue weighted by Gasteiger charge is 2.54. The number of allylic oxidation sites excluding steroid dienone is 2. The molecule has 18 heteroatoms. The van der Waals surface area contributed by atoms with Gasteiger partial charge in [-0.15, -0.1) is 23.1 Å². The van der Waals surface area contributed by atoms with Crippen LogP contribution in [0, 0.1) is 0 Å². The highest BCUT2D eigenvalue weighted by molar-refractivity contribution is 8.00. The molecule has 0 spiro atoms. The smallest absolute Gasteiger partial charge is 0.362 e. The summed E-state index contributed by atoms with van der Waals surface area (Å²) in [4.78, 5) is 61.5. The molecule has 0 aliphatic carbocycles. The van der Waals surface area contributed by atoms with Crippen molar-refractivity contribution in [1.29, 1.82) is 0 Å². The van der Waals surface area contributed by atoms with Gasteiger partial charge in [0, 0.05) is 40.3 Å². The molecule has 6 rings (SSSR count). The number of carboxylic acids is 2. The monoisotopic (exact) mass is 737 g/mol. The molecule has 15 nitrogen and oxygen atoms in total. The van der Waals surface area contributed by atoms with Gasteiger partial charge in [0.1, 0.15) is 29.0 Å². The van der Waals surface area contributed by atoms with Crippen LogP contribution in [0.5, 0.6) is 11.5 Å². The van der Waals surface area contributed by atoms with E-state index in [0.717, 1.165) is 39.3 Å². The first-order valence-electron chi connectivity index (χ1n) is 14.6. The molecule has 0 saturated carbocycles. The van der Waals surface area contributed by atoms with E-state index in [2.05, 4.69) is 15.5 Å². The summed E-state index contributed by atoms with van der Waals surface area (Å²) in [6, 6.07) is 12.4. The van der Waals surface area contributed by atoms with E-state index in [1.807, 2.05) is 53.2 Å². The van der Waals surface area contributed by atoms with E-state index in [0.29, 0.717) is 18.3 Å². The molecule has 7 N–H and O–H groups in total. The summed E-state index contributed by atoms with van der Waals surface area (Å²) in [5.41, 5.74) is 3.64. The van der Waals surface area contributed by atoms with Crippen LogP contribution in [0.4, 0.5) is 5.13 Å². The Bertz CT molecular complexity index is 2150. The lowest BCUT2D eigenvalue weighted by Crippen LogP contribution is -2.70. The quantitative estimate of drug-likeness (QED) is 0.0429. The number of amides is 2. The number of aromatic hydroxyl groups is 2. The number of thioether (sulfide) groups is 1. The molecule has 4 aromatic rings. The van der Waals surface area contributed by atoms with Gasteiger partial charge in [0.2, 0.25) is 5.52 Å². The van der Waals surface area contributed by atoms with Crippen LogP contribution >= 0.6 is 34.7 Å². The number of nitrogen functional groups attached to an aromatic ring is 1. The number of nitrogens with zero attached hydrogens (tertiary/aromatic N) is 4. The number of hydrogen-bond acceptors (Lipinski definition) is 12. The van der Waals surface area contributed by atoms with Gasteiger partial charge in [-0.2, -0.15) is 4.57 Å². The van der Waals surface area contributed by atoms with Crippen molar-refractivity contribution in [3.63, 3.8) is 0 Å². The topological polar surface area (TPSA) is 229 Å². The van der Waals surface area contributed by atoms with E-state index >= 15 is 0 Å². The number of phenols is 2. The summed E-state index contributed by atoms with van der Waals surface area (Å²) in [5.74, 6) is -5.74. The number of rotatable bonds is 11. The third kappa shape index (κ3) is 6.17. The van der Waals surface area contributed by atoms with Crippen LogP contribution in [0.3, 0.4) is 0 Å². The molecule has 1 fully saturated rings. The summed E-state index contributed by atoms with van der Waals surface area (Å²) in [7, 11) is 0. The average Bonchev–Trinajstić information content (AvgIpc) is 3.53. The van der Waals surface area contributed by atoms with Crippen LogP contribution in [0.2, 0.25) is 5.02 Å². The highest BCUT2D eigenvalue weighted by atomic mass is 35.5. The number of anilines is 1. The van der Waals surface area contributed by atoms with Crippen LogP contribution in [-0.4, -0.2) is 77.4 Å². The number of phenolic OH excluding ortho intramolecular Hbond substituents is 2. The van der Waals surface area contributed by atoms with E-state index in [9.17, 15) is 39.6 Å². The van der Waals surface area contributed by atoms with Gasteiger partial charge in [0.25, 0.3) is 11.8 Å². The highest BCUT2D eigenvalue weighted by Crippen LogP contribution is 2.44. The maximum Gasteiger partial charge on any atom is 0.362 e. The number of oxime groups is 1. The number of carbonyl (C=O) groups is 4. The summed E-state index contributed by atoms with van der Waals surface area (Å²) in [5, 5.41) is 47.5. The minimum Gasteiger partial charge on any atom is -0.504 e. The Labute approximate surface area is 295 Å². The molecule has 3 atom stereocenters. The number of hydrogen-bond donors (Lipinski definition) is 6. The molecule has 2 aromatic carbocycles. The summed E-state index contributed by atoms with van der Waals surface area (Å²) in [6.07, 6.45) is 5.98. The predicted octanol–water partition coefficient (Wildman–Crippen LogP) is 2.56. The SMILES string of the molecule is Nc1nc(C(ON=CC(=O)N[C@@H]2C(=O)N3C(C(=O)O)=C(/C=C\C[n+]4cccc5ccccc54)CSC23)(C(=O)O)c2cc(O)c(O)cc2Cl)cs1. The van der Waals surface area contributed by atoms with Crippen LogP contribution in [0.1, 0.15) is 11.3 Å². The van der Waals surface area contributed by atoms with Gasteiger partial charge in [0.15, 0.2) is 29.4 Å². The first-order valence-corrected chi connectivity index (χ1v) is 16.9. The van der Waals surface area contributed by atoms with E-state index in [1.54, 1.807) is 6.08 Å². The molecule has 2 aliphatic rings. The molecule has 2 amide bonds. The third-order valence-electron chi connectivity index (χ3n) is 7.89. The molecule has 256 valence electrons. The number of aliphatic carboxylic acids is 2. The Hall–Kier alpha value is -5.65. The molecule has 1 saturated heterocycles. The Morgan fingerprint density at radius 2 is 1.92 bits per heavy atom. The summed E-state index contributed by atoms with van der Waals surface area (Å²) >= 11 is 8.36. The van der Waals surface area contributed by atoms with Gasteiger partial charge in [-0.25, -0.2) is 14.6 Å². The first kappa shape index (κ1) is 34.2. The molecule has 0 bridgehead atoms. The molecule has 2 unspecified atom stereocenters. The number of β-lactam (4-membered cyclic amide) rings is 1. The number of para-hydroxylation sites is 1. The van der Waals surface area contributed by atoms with E-state index < -0.39 is 52.3 Å². The maximum absolute atomic E-state index is 13.2. The maximum atomic E-state index is 13.2. The lowest BCUT2D eigenvalue weighted by Gasteiger charge is -2.49. The van der Waals surface area contributed by atoms with E-state index in [-0.39, 0.29) is 32.9 Å². The number of carboxylic acid groups (broad SMARTS) is 2. The fourth-order valence-corrected chi connectivity index (χ4v) is 7.78. The van der Waals surface area contributed by atoms with Crippen LogP contribution in [0.15, 0.2) is 88.7 Å². The van der Waals surface area contributed by atoms with Gasteiger partial charge in [-0.1, -0.05) is 35.0 Å². The van der Waals surface area contributed by atoms with Crippen molar-refractivity contribution >= 4 is 80.7 Å². The Morgan fingerprint density at radius 1 is 1.18 bits per heavy atom. The number of fused-ring (bicyclic) bond motifs is 2. The van der Waals surface area contributed by atoms with E-state index in [1.165, 1.54) is 17.1 Å². The minimum atomic E-state index is -2.63. The van der Waals surface area contributed by atoms with Gasteiger partial charge < -0.3 is 36.3 Å². The Morgan fingerprint density at radius 3 is 2.64 bits per heavy atom. The zero-order valence-corrected chi connectivity index (χ0v) is 27.9. The van der Waals surface area contributed by atoms with Gasteiger partial charge in [0.05, 0.1) is 5.02 Å². The lowest BCUT2D eigenvalue weighted by atomic mass is 9.90. The number of pyridine rings is 1. The number of halogens is 1. The van der Waals surface area contributed by atoms with Crippen LogP contribution < -0.4 is 15.6 Å². The van der Waals surface area contributed by atoms with Crippen molar-refractivity contribution < 1.29 is 49.0 Å². The number of benzene rings is 2. The van der Waals surface area contributed by atoms with Crippen molar-refractivity contribution in [2.24, 2.45) is 5.16 Å². The number of nitrogens with two attached hydrogens (primary N) is 1. The zero-order chi connectivity index (χ0) is 35.7. The molecule has 2 aromatic heterocycles. The fraction of sp³-hybridized carbons (Fsp3) is 0.156. The Kier molecular flexibility index (Phi) is 9.37. The molecule has 50 heavy (non-hydrogen) atoms. The van der Waals surface area contributed by atoms with Crippen molar-refractivity contribution in [3.05, 3.63) is 99.8 Å². The normalized spacial score (nSPS) is 18.6. The van der Waals surface area contributed by atoms with Crippen LogP contribution in [-0.2, 0) is 36.2 Å². The molecule has 2 aliphatic heterocycles. The second-order valence-electron chi connectivity index (χ2n) is 10.9. The van der Waals surface area contributed by atoms with Crippen molar-refractivity contribution in [2.45, 2.75) is 23.6 Å². The van der Waals surface area contributed by atoms with Crippen molar-refractivity contribution in [2.75, 3.05) is 11.5 Å². The second-order valence-corrected chi connectivity index (χ2v) is 13.3. The number of aromatic nitrogens is 2.